The number of anilines is 1. The number of nitrogens with one attached hydrogen (secondary N) is 1. The third-order valence-electron chi connectivity index (χ3n) is 5.85. The van der Waals surface area contributed by atoms with Crippen molar-refractivity contribution in [1.82, 2.24) is 5.32 Å². The molecule has 0 unspecified atom stereocenters. The van der Waals surface area contributed by atoms with Crippen LogP contribution in [0.3, 0.4) is 0 Å². The Morgan fingerprint density at radius 2 is 1.94 bits per heavy atom. The normalized spacial score (nSPS) is 26.1. The molecular formula is C21H29F2N2O5P. The van der Waals surface area contributed by atoms with Gasteiger partial charge in [-0.1, -0.05) is 0 Å². The highest BCUT2D eigenvalue weighted by Gasteiger charge is 2.36. The zero-order chi connectivity index (χ0) is 22.6. The lowest BCUT2D eigenvalue weighted by Crippen LogP contribution is -2.33. The van der Waals surface area contributed by atoms with Gasteiger partial charge in [-0.15, -0.1) is 0 Å². The topological polar surface area (TPSA) is 84.9 Å². The molecule has 0 saturated carbocycles. The minimum absolute atomic E-state index is 0.0119. The molecule has 2 heterocycles. The van der Waals surface area contributed by atoms with Gasteiger partial charge in [-0.25, -0.2) is 13.6 Å². The molecule has 0 spiro atoms. The number of amides is 2. The summed E-state index contributed by atoms with van der Waals surface area (Å²) in [6.45, 7) is 4.47. The summed E-state index contributed by atoms with van der Waals surface area (Å²) in [5, 5.41) is 2.56. The predicted octanol–water partition coefficient (Wildman–Crippen LogP) is 3.70. The molecule has 2 amide bonds. The largest absolute Gasteiger partial charge is 0.442 e. The Bertz CT molecular complexity index is 846. The van der Waals surface area contributed by atoms with Gasteiger partial charge < -0.3 is 19.4 Å². The molecule has 1 aromatic rings. The molecule has 1 aromatic carbocycles. The number of nitrogens with zero attached hydrogens (tertiary/aromatic N) is 1. The lowest BCUT2D eigenvalue weighted by Gasteiger charge is -2.30. The van der Waals surface area contributed by atoms with E-state index < -0.39 is 31.0 Å². The van der Waals surface area contributed by atoms with Crippen molar-refractivity contribution in [2.45, 2.75) is 38.7 Å². The van der Waals surface area contributed by atoms with Crippen LogP contribution in [0.4, 0.5) is 19.3 Å². The molecule has 0 bridgehead atoms. The summed E-state index contributed by atoms with van der Waals surface area (Å²) in [4.78, 5) is 24.3. The van der Waals surface area contributed by atoms with Crippen molar-refractivity contribution in [2.75, 3.05) is 49.7 Å². The number of hydrogen-bond acceptors (Lipinski definition) is 5. The Balaban J connectivity index is 1.67. The number of carbonyl (C=O) groups excluding carboxylic acids is 2. The maximum Gasteiger partial charge on any atom is 0.414 e. The van der Waals surface area contributed by atoms with Crippen molar-refractivity contribution >= 4 is 24.8 Å². The van der Waals surface area contributed by atoms with Gasteiger partial charge >= 0.3 is 6.09 Å². The molecule has 1 atom stereocenters. The average Bonchev–Trinajstić information content (AvgIpc) is 3.08. The fraction of sp³-hybridized carbons (Fsp3) is 0.619. The summed E-state index contributed by atoms with van der Waals surface area (Å²) in [6, 6.07) is 2.29. The van der Waals surface area contributed by atoms with E-state index in [4.69, 9.17) is 9.47 Å². The van der Waals surface area contributed by atoms with Crippen LogP contribution in [-0.4, -0.2) is 62.9 Å². The summed E-state index contributed by atoms with van der Waals surface area (Å²) in [7, 11) is -2.36. The molecule has 7 nitrogen and oxygen atoms in total. The summed E-state index contributed by atoms with van der Waals surface area (Å²) < 4.78 is 53.2. The van der Waals surface area contributed by atoms with Gasteiger partial charge in [0.15, 0.2) is 0 Å². The Labute approximate surface area is 180 Å². The van der Waals surface area contributed by atoms with Crippen LogP contribution in [0.15, 0.2) is 12.1 Å². The van der Waals surface area contributed by atoms with E-state index in [0.717, 1.165) is 17.0 Å². The van der Waals surface area contributed by atoms with Crippen molar-refractivity contribution < 1.29 is 32.4 Å². The van der Waals surface area contributed by atoms with Crippen LogP contribution in [0.5, 0.6) is 0 Å². The lowest BCUT2D eigenvalue weighted by molar-refractivity contribution is -0.119. The van der Waals surface area contributed by atoms with Crippen molar-refractivity contribution in [2.24, 2.45) is 0 Å². The SMILES string of the molecule is CCOCCP1(=O)CCC(c2c(F)cc(N3C[C@H](CNC(C)=O)OC3=O)cc2F)CC1. The Morgan fingerprint density at radius 3 is 2.52 bits per heavy atom. The van der Waals surface area contributed by atoms with Crippen LogP contribution < -0.4 is 10.2 Å². The molecule has 31 heavy (non-hydrogen) atoms. The first-order valence-corrected chi connectivity index (χ1v) is 12.8. The molecule has 1 N–H and O–H groups in total. The third-order valence-corrected chi connectivity index (χ3v) is 9.00. The van der Waals surface area contributed by atoms with Gasteiger partial charge in [0.1, 0.15) is 17.7 Å². The van der Waals surface area contributed by atoms with E-state index in [2.05, 4.69) is 5.32 Å². The van der Waals surface area contributed by atoms with E-state index >= 15 is 0 Å². The van der Waals surface area contributed by atoms with Gasteiger partial charge in [-0.3, -0.25) is 9.69 Å². The maximum atomic E-state index is 14.9. The number of hydrogen-bond donors (Lipinski definition) is 1. The van der Waals surface area contributed by atoms with E-state index in [1.165, 1.54) is 6.92 Å². The van der Waals surface area contributed by atoms with Crippen molar-refractivity contribution in [3.05, 3.63) is 29.3 Å². The highest BCUT2D eigenvalue weighted by atomic mass is 31.2. The minimum Gasteiger partial charge on any atom is -0.442 e. The number of cyclic esters (lactones) is 1. The molecule has 0 aromatic heterocycles. The van der Waals surface area contributed by atoms with E-state index in [1.54, 1.807) is 0 Å². The van der Waals surface area contributed by atoms with Crippen molar-refractivity contribution in [1.29, 1.82) is 0 Å². The third kappa shape index (κ3) is 5.83. The van der Waals surface area contributed by atoms with Gasteiger partial charge in [-0.2, -0.15) is 0 Å². The second-order valence-corrected chi connectivity index (χ2v) is 11.5. The Kier molecular flexibility index (Phi) is 7.70. The van der Waals surface area contributed by atoms with E-state index in [0.29, 0.717) is 44.5 Å². The molecule has 2 aliphatic rings. The fourth-order valence-corrected chi connectivity index (χ4v) is 6.84. The van der Waals surface area contributed by atoms with Crippen LogP contribution in [0.25, 0.3) is 0 Å². The molecular weight excluding hydrogens is 429 g/mol. The standard InChI is InChI=1S/C21H29F2N2O5P/c1-3-29-6-9-31(28)7-4-15(5-8-31)20-18(22)10-16(11-19(20)23)25-13-17(30-21(25)27)12-24-14(2)26/h10-11,15,17H,3-9,12-13H2,1-2H3,(H,24,26)/t15?,17-,31?/m0/s1. The summed E-state index contributed by atoms with van der Waals surface area (Å²) in [5.74, 6) is -2.04. The first kappa shape index (κ1) is 23.7. The van der Waals surface area contributed by atoms with Crippen molar-refractivity contribution in [3.8, 4) is 0 Å². The predicted molar refractivity (Wildman–Crippen MR) is 113 cm³/mol. The molecule has 0 radical (unpaired) electrons. The van der Waals surface area contributed by atoms with Crippen LogP contribution in [0.2, 0.25) is 0 Å². The first-order chi connectivity index (χ1) is 14.7. The molecule has 172 valence electrons. The monoisotopic (exact) mass is 458 g/mol. The zero-order valence-corrected chi connectivity index (χ0v) is 18.8. The summed E-state index contributed by atoms with van der Waals surface area (Å²) >= 11 is 0. The van der Waals surface area contributed by atoms with E-state index in [9.17, 15) is 22.9 Å². The number of rotatable bonds is 8. The van der Waals surface area contributed by atoms with Gasteiger partial charge in [-0.05, 0) is 37.8 Å². The second-order valence-electron chi connectivity index (χ2n) is 8.08. The van der Waals surface area contributed by atoms with Crippen LogP contribution in [0, 0.1) is 11.6 Å². The maximum absolute atomic E-state index is 14.9. The van der Waals surface area contributed by atoms with Crippen LogP contribution >= 0.6 is 7.14 Å². The summed E-state index contributed by atoms with van der Waals surface area (Å²) in [5.41, 5.74) is 0.0643. The van der Waals surface area contributed by atoms with Crippen LogP contribution in [0.1, 0.15) is 38.2 Å². The van der Waals surface area contributed by atoms with E-state index in [-0.39, 0.29) is 36.2 Å². The number of carbonyl (C=O) groups is 2. The molecule has 10 heteroatoms. The molecule has 2 aliphatic heterocycles. The Morgan fingerprint density at radius 1 is 1.29 bits per heavy atom. The van der Waals surface area contributed by atoms with Gasteiger partial charge in [0.25, 0.3) is 0 Å². The van der Waals surface area contributed by atoms with Gasteiger partial charge in [0.2, 0.25) is 5.91 Å². The number of ether oxygens (including phenoxy) is 2. The molecule has 2 saturated heterocycles. The second kappa shape index (κ2) is 10.1. The highest BCUT2D eigenvalue weighted by molar-refractivity contribution is 7.64. The molecule has 2 fully saturated rings. The number of halogens is 2. The van der Waals surface area contributed by atoms with E-state index in [1.807, 2.05) is 6.92 Å². The Hall–Kier alpha value is -1.99. The molecule has 3 rings (SSSR count). The molecule has 0 aliphatic carbocycles. The number of benzene rings is 1. The fourth-order valence-electron chi connectivity index (χ4n) is 4.14. The zero-order valence-electron chi connectivity index (χ0n) is 17.9. The van der Waals surface area contributed by atoms with Gasteiger partial charge in [0, 0.05) is 37.6 Å². The highest BCUT2D eigenvalue weighted by Crippen LogP contribution is 2.53. The van der Waals surface area contributed by atoms with Crippen LogP contribution in [-0.2, 0) is 18.8 Å². The lowest BCUT2D eigenvalue weighted by atomic mass is 9.92. The quantitative estimate of drug-likeness (QED) is 0.474. The first-order valence-electron chi connectivity index (χ1n) is 10.6. The minimum atomic E-state index is -2.36. The smallest absolute Gasteiger partial charge is 0.414 e. The summed E-state index contributed by atoms with van der Waals surface area (Å²) in [6.07, 6.45) is 1.03. The van der Waals surface area contributed by atoms with Crippen molar-refractivity contribution in [3.63, 3.8) is 0 Å². The van der Waals surface area contributed by atoms with Gasteiger partial charge in [0.05, 0.1) is 32.5 Å². The average molecular weight is 458 g/mol.